The molecule has 1 saturated heterocycles. The van der Waals surface area contributed by atoms with Crippen LogP contribution in [0, 0.1) is 12.8 Å². The van der Waals surface area contributed by atoms with Crippen LogP contribution in [0.5, 0.6) is 5.75 Å². The molecule has 1 aliphatic heterocycles. The maximum Gasteiger partial charge on any atom is 0.330 e. The number of amides is 1. The Morgan fingerprint density at radius 2 is 1.92 bits per heavy atom. The van der Waals surface area contributed by atoms with Crippen molar-refractivity contribution in [3.05, 3.63) is 65.6 Å². The second-order valence-electron chi connectivity index (χ2n) is 8.42. The van der Waals surface area contributed by atoms with Gasteiger partial charge in [0.2, 0.25) is 17.7 Å². The predicted octanol–water partition coefficient (Wildman–Crippen LogP) is 4.20. The van der Waals surface area contributed by atoms with Gasteiger partial charge in [-0.1, -0.05) is 18.2 Å². The third-order valence-electron chi connectivity index (χ3n) is 6.02. The van der Waals surface area contributed by atoms with E-state index in [1.165, 1.54) is 13.2 Å². The topological polar surface area (TPSA) is 104 Å². The fraction of sp³-hybridized carbons (Fsp3) is 0.333. The number of aromatic nitrogens is 2. The summed E-state index contributed by atoms with van der Waals surface area (Å²) in [6.07, 6.45) is 4.35. The molecule has 0 N–H and O–H groups in total. The molecular formula is C27H29N3O6. The number of carbonyl (C=O) groups is 2. The van der Waals surface area contributed by atoms with Crippen LogP contribution in [0.4, 0.5) is 5.69 Å². The fourth-order valence-electron chi connectivity index (χ4n) is 4.08. The van der Waals surface area contributed by atoms with Crippen molar-refractivity contribution in [3.8, 4) is 17.2 Å². The van der Waals surface area contributed by atoms with Crippen LogP contribution in [0.25, 0.3) is 17.5 Å². The Labute approximate surface area is 209 Å². The Morgan fingerprint density at radius 3 is 2.61 bits per heavy atom. The Balaban J connectivity index is 1.67. The number of aryl methyl sites for hydroxylation is 1. The van der Waals surface area contributed by atoms with Crippen LogP contribution in [0.3, 0.4) is 0 Å². The summed E-state index contributed by atoms with van der Waals surface area (Å²) in [6, 6.07) is 13.1. The van der Waals surface area contributed by atoms with Crippen molar-refractivity contribution < 1.29 is 28.2 Å². The van der Waals surface area contributed by atoms with Gasteiger partial charge in [-0.2, -0.15) is 0 Å². The molecule has 188 valence electrons. The summed E-state index contributed by atoms with van der Waals surface area (Å²) >= 11 is 0. The van der Waals surface area contributed by atoms with Crippen molar-refractivity contribution >= 4 is 23.6 Å². The number of hydrogen-bond acceptors (Lipinski definition) is 8. The SMILES string of the molecule is COC(=O)/C=C/c1cccc(N(Cc2ccc(-c3nnc(C)o3)cc2OC)C(=O)C2CCOCC2)c1. The summed E-state index contributed by atoms with van der Waals surface area (Å²) in [5, 5.41) is 7.97. The second-order valence-corrected chi connectivity index (χ2v) is 8.42. The van der Waals surface area contributed by atoms with Gasteiger partial charge in [-0.05, 0) is 48.7 Å². The monoisotopic (exact) mass is 491 g/mol. The van der Waals surface area contributed by atoms with E-state index < -0.39 is 5.97 Å². The second kappa shape index (κ2) is 11.6. The first kappa shape index (κ1) is 25.1. The van der Waals surface area contributed by atoms with E-state index in [4.69, 9.17) is 13.9 Å². The first-order chi connectivity index (χ1) is 17.5. The van der Waals surface area contributed by atoms with E-state index in [2.05, 4.69) is 14.9 Å². The van der Waals surface area contributed by atoms with Gasteiger partial charge in [-0.3, -0.25) is 4.79 Å². The van der Waals surface area contributed by atoms with Gasteiger partial charge < -0.3 is 23.5 Å². The number of rotatable bonds is 8. The van der Waals surface area contributed by atoms with Gasteiger partial charge in [0.1, 0.15) is 5.75 Å². The van der Waals surface area contributed by atoms with E-state index in [-0.39, 0.29) is 11.8 Å². The highest BCUT2D eigenvalue weighted by molar-refractivity contribution is 5.95. The lowest BCUT2D eigenvalue weighted by molar-refractivity contribution is -0.134. The molecule has 0 radical (unpaired) electrons. The molecule has 3 aromatic rings. The third-order valence-corrected chi connectivity index (χ3v) is 6.02. The molecule has 1 fully saturated rings. The first-order valence-electron chi connectivity index (χ1n) is 11.7. The average molecular weight is 492 g/mol. The van der Waals surface area contributed by atoms with E-state index in [1.807, 2.05) is 42.5 Å². The normalized spacial score (nSPS) is 14.1. The Kier molecular flexibility index (Phi) is 8.12. The van der Waals surface area contributed by atoms with Gasteiger partial charge in [-0.25, -0.2) is 4.79 Å². The molecule has 0 aliphatic carbocycles. The summed E-state index contributed by atoms with van der Waals surface area (Å²) in [4.78, 5) is 27.0. The molecule has 1 amide bonds. The fourth-order valence-corrected chi connectivity index (χ4v) is 4.08. The van der Waals surface area contributed by atoms with Crippen molar-refractivity contribution in [3.63, 3.8) is 0 Å². The van der Waals surface area contributed by atoms with Crippen LogP contribution in [-0.4, -0.2) is 49.5 Å². The molecule has 9 nitrogen and oxygen atoms in total. The highest BCUT2D eigenvalue weighted by Crippen LogP contribution is 2.31. The van der Waals surface area contributed by atoms with Gasteiger partial charge in [0, 0.05) is 48.9 Å². The minimum absolute atomic E-state index is 0.0195. The molecular weight excluding hydrogens is 462 g/mol. The molecule has 0 saturated carbocycles. The van der Waals surface area contributed by atoms with Gasteiger partial charge in [0.05, 0.1) is 20.8 Å². The van der Waals surface area contributed by atoms with Crippen molar-refractivity contribution in [1.82, 2.24) is 10.2 Å². The van der Waals surface area contributed by atoms with E-state index >= 15 is 0 Å². The van der Waals surface area contributed by atoms with Gasteiger partial charge in [0.15, 0.2) is 0 Å². The molecule has 9 heteroatoms. The predicted molar refractivity (Wildman–Crippen MR) is 133 cm³/mol. The lowest BCUT2D eigenvalue weighted by Gasteiger charge is -2.30. The molecule has 0 spiro atoms. The minimum atomic E-state index is -0.447. The number of carbonyl (C=O) groups excluding carboxylic acids is 2. The number of nitrogens with zero attached hydrogens (tertiary/aromatic N) is 3. The molecule has 4 rings (SSSR count). The first-order valence-corrected chi connectivity index (χ1v) is 11.7. The van der Waals surface area contributed by atoms with Crippen LogP contribution >= 0.6 is 0 Å². The Hall–Kier alpha value is -3.98. The summed E-state index contributed by atoms with van der Waals surface area (Å²) in [6.45, 7) is 3.16. The standard InChI is InChI=1S/C27H29N3O6/c1-18-28-29-26(36-18)21-8-9-22(24(16-21)33-2)17-30(27(32)20-11-13-35-14-12-20)23-6-4-5-19(15-23)7-10-25(31)34-3/h4-10,15-16,20H,11-14,17H2,1-3H3/b10-7+. The quantitative estimate of drug-likeness (QED) is 0.341. The molecule has 0 atom stereocenters. The van der Waals surface area contributed by atoms with Crippen LogP contribution in [0.1, 0.15) is 29.9 Å². The van der Waals surface area contributed by atoms with Gasteiger partial charge in [0.25, 0.3) is 0 Å². The van der Waals surface area contributed by atoms with Crippen molar-refractivity contribution in [1.29, 1.82) is 0 Å². The smallest absolute Gasteiger partial charge is 0.330 e. The number of esters is 1. The molecule has 2 aromatic carbocycles. The van der Waals surface area contributed by atoms with Crippen LogP contribution < -0.4 is 9.64 Å². The van der Waals surface area contributed by atoms with Gasteiger partial charge >= 0.3 is 5.97 Å². The van der Waals surface area contributed by atoms with Crippen LogP contribution in [0.2, 0.25) is 0 Å². The zero-order valence-corrected chi connectivity index (χ0v) is 20.6. The number of ether oxygens (including phenoxy) is 3. The zero-order valence-electron chi connectivity index (χ0n) is 20.6. The lowest BCUT2D eigenvalue weighted by atomic mass is 9.97. The highest BCUT2D eigenvalue weighted by Gasteiger charge is 2.28. The lowest BCUT2D eigenvalue weighted by Crippen LogP contribution is -2.38. The zero-order chi connectivity index (χ0) is 25.5. The number of methoxy groups -OCH3 is 2. The van der Waals surface area contributed by atoms with E-state index in [0.717, 1.165) is 22.4 Å². The number of benzene rings is 2. The van der Waals surface area contributed by atoms with E-state index in [9.17, 15) is 9.59 Å². The summed E-state index contributed by atoms with van der Waals surface area (Å²) in [7, 11) is 2.92. The van der Waals surface area contributed by atoms with Crippen molar-refractivity contribution in [2.24, 2.45) is 5.92 Å². The van der Waals surface area contributed by atoms with E-state index in [1.54, 1.807) is 25.0 Å². The molecule has 2 heterocycles. The molecule has 36 heavy (non-hydrogen) atoms. The average Bonchev–Trinajstić information content (AvgIpc) is 3.36. The Bertz CT molecular complexity index is 1250. The van der Waals surface area contributed by atoms with Crippen molar-refractivity contribution in [2.75, 3.05) is 32.3 Å². The molecule has 1 aromatic heterocycles. The number of hydrogen-bond donors (Lipinski definition) is 0. The maximum absolute atomic E-state index is 13.7. The van der Waals surface area contributed by atoms with E-state index in [0.29, 0.717) is 50.1 Å². The van der Waals surface area contributed by atoms with Crippen LogP contribution in [0.15, 0.2) is 53.0 Å². The third kappa shape index (κ3) is 5.98. The van der Waals surface area contributed by atoms with Gasteiger partial charge in [-0.15, -0.1) is 10.2 Å². The summed E-state index contributed by atoms with van der Waals surface area (Å²) in [5.41, 5.74) is 3.05. The van der Waals surface area contributed by atoms with Crippen LogP contribution in [-0.2, 0) is 25.6 Å². The van der Waals surface area contributed by atoms with Crippen molar-refractivity contribution in [2.45, 2.75) is 26.3 Å². The summed E-state index contributed by atoms with van der Waals surface area (Å²) in [5.74, 6) is 0.914. The minimum Gasteiger partial charge on any atom is -0.496 e. The number of anilines is 1. The largest absolute Gasteiger partial charge is 0.496 e. The molecule has 0 bridgehead atoms. The Morgan fingerprint density at radius 1 is 1.11 bits per heavy atom. The molecule has 0 unspecified atom stereocenters. The maximum atomic E-state index is 13.7. The molecule has 1 aliphatic rings. The summed E-state index contributed by atoms with van der Waals surface area (Å²) < 4.78 is 21.4. The highest BCUT2D eigenvalue weighted by atomic mass is 16.5.